The van der Waals surface area contributed by atoms with Crippen LogP contribution in [-0.4, -0.2) is 4.98 Å². The predicted octanol–water partition coefficient (Wildman–Crippen LogP) is 1.81. The third-order valence-electron chi connectivity index (χ3n) is 1.55. The summed E-state index contributed by atoms with van der Waals surface area (Å²) in [5, 5.41) is 17.2. The molecule has 0 aliphatic heterocycles. The van der Waals surface area contributed by atoms with Crippen molar-refractivity contribution in [1.29, 1.82) is 10.5 Å². The lowest BCUT2D eigenvalue weighted by Crippen LogP contribution is -1.93. The Hall–Kier alpha value is -1.58. The molecule has 0 saturated carbocycles. The van der Waals surface area contributed by atoms with Gasteiger partial charge in [0.15, 0.2) is 0 Å². The minimum Gasteiger partial charge on any atom is -0.259 e. The molecule has 1 rings (SSSR count). The smallest absolute Gasteiger partial charge is 0.101 e. The number of nitrogens with zero attached hydrogens (tertiary/aromatic N) is 3. The Kier molecular flexibility index (Phi) is 4.51. The quantitative estimate of drug-likeness (QED) is 0.684. The molecule has 0 radical (unpaired) electrons. The van der Waals surface area contributed by atoms with Gasteiger partial charge in [0, 0.05) is 6.20 Å². The normalized spacial score (nSPS) is 7.92. The van der Waals surface area contributed by atoms with Crippen LogP contribution in [0, 0.1) is 22.7 Å². The van der Waals surface area contributed by atoms with Crippen LogP contribution < -0.4 is 0 Å². The molecule has 0 aromatic carbocycles. The van der Waals surface area contributed by atoms with Gasteiger partial charge >= 0.3 is 0 Å². The highest BCUT2D eigenvalue weighted by atomic mass is 35.5. The van der Waals surface area contributed by atoms with Crippen LogP contribution in [0.3, 0.4) is 0 Å². The Morgan fingerprint density at radius 3 is 2.54 bits per heavy atom. The fourth-order valence-corrected chi connectivity index (χ4v) is 0.933. The first-order chi connectivity index (χ1) is 5.81. The zero-order chi connectivity index (χ0) is 8.97. The number of pyridine rings is 1. The number of hydrogen-bond acceptors (Lipinski definition) is 3. The minimum absolute atomic E-state index is 0. The molecule has 4 heteroatoms. The van der Waals surface area contributed by atoms with Gasteiger partial charge in [-0.2, -0.15) is 10.5 Å². The van der Waals surface area contributed by atoms with Crippen molar-refractivity contribution in [2.75, 3.05) is 0 Å². The maximum Gasteiger partial charge on any atom is 0.101 e. The molecule has 3 nitrogen and oxygen atoms in total. The highest BCUT2D eigenvalue weighted by Gasteiger charge is 2.01. The largest absolute Gasteiger partial charge is 0.259 e. The van der Waals surface area contributed by atoms with Gasteiger partial charge in [0.1, 0.15) is 12.1 Å². The van der Waals surface area contributed by atoms with Crippen LogP contribution in [0.2, 0.25) is 0 Å². The average molecular weight is 194 g/mol. The van der Waals surface area contributed by atoms with Gasteiger partial charge in [0.25, 0.3) is 0 Å². The molecule has 0 spiro atoms. The second-order valence-electron chi connectivity index (χ2n) is 2.30. The Balaban J connectivity index is 0.00000144. The van der Waals surface area contributed by atoms with E-state index in [4.69, 9.17) is 10.5 Å². The van der Waals surface area contributed by atoms with Gasteiger partial charge in [-0.15, -0.1) is 12.4 Å². The first-order valence-electron chi connectivity index (χ1n) is 3.61. The molecule has 1 aromatic heterocycles. The SMILES string of the molecule is CCc1ncc(C#N)cc1C#N.Cl. The molecule has 1 aromatic rings. The molecule has 0 unspecified atom stereocenters. The molecule has 0 atom stereocenters. The van der Waals surface area contributed by atoms with Gasteiger partial charge in [0.2, 0.25) is 0 Å². The summed E-state index contributed by atoms with van der Waals surface area (Å²) < 4.78 is 0. The Morgan fingerprint density at radius 1 is 1.38 bits per heavy atom. The molecule has 0 fully saturated rings. The number of aryl methyl sites for hydroxylation is 1. The molecule has 0 aliphatic carbocycles. The van der Waals surface area contributed by atoms with E-state index in [2.05, 4.69) is 4.98 Å². The highest BCUT2D eigenvalue weighted by Crippen LogP contribution is 2.07. The van der Waals surface area contributed by atoms with Gasteiger partial charge in [-0.05, 0) is 12.5 Å². The van der Waals surface area contributed by atoms with Crippen molar-refractivity contribution < 1.29 is 0 Å². The number of nitriles is 2. The van der Waals surface area contributed by atoms with E-state index in [9.17, 15) is 0 Å². The topological polar surface area (TPSA) is 60.5 Å². The number of aromatic nitrogens is 1. The molecule has 0 N–H and O–H groups in total. The van der Waals surface area contributed by atoms with Crippen LogP contribution >= 0.6 is 12.4 Å². The summed E-state index contributed by atoms with van der Waals surface area (Å²) in [5.74, 6) is 0. The predicted molar refractivity (Wildman–Crippen MR) is 50.3 cm³/mol. The van der Waals surface area contributed by atoms with E-state index in [0.29, 0.717) is 17.5 Å². The van der Waals surface area contributed by atoms with Crippen LogP contribution in [0.1, 0.15) is 23.7 Å². The van der Waals surface area contributed by atoms with Crippen molar-refractivity contribution in [2.24, 2.45) is 0 Å². The van der Waals surface area contributed by atoms with Crippen molar-refractivity contribution in [3.05, 3.63) is 29.1 Å². The lowest BCUT2D eigenvalue weighted by molar-refractivity contribution is 1.02. The van der Waals surface area contributed by atoms with Gasteiger partial charge in [-0.3, -0.25) is 4.98 Å². The van der Waals surface area contributed by atoms with E-state index in [0.717, 1.165) is 5.69 Å². The maximum atomic E-state index is 8.67. The van der Waals surface area contributed by atoms with Crippen LogP contribution in [0.4, 0.5) is 0 Å². The second kappa shape index (κ2) is 5.13. The number of halogens is 1. The van der Waals surface area contributed by atoms with Gasteiger partial charge in [-0.25, -0.2) is 0 Å². The molecular formula is C9H8ClN3. The van der Waals surface area contributed by atoms with E-state index >= 15 is 0 Å². The monoisotopic (exact) mass is 193 g/mol. The molecule has 0 aliphatic rings. The van der Waals surface area contributed by atoms with Crippen molar-refractivity contribution in [3.63, 3.8) is 0 Å². The van der Waals surface area contributed by atoms with Gasteiger partial charge in [-0.1, -0.05) is 6.92 Å². The number of hydrogen-bond donors (Lipinski definition) is 0. The maximum absolute atomic E-state index is 8.67. The van der Waals surface area contributed by atoms with Gasteiger partial charge < -0.3 is 0 Å². The van der Waals surface area contributed by atoms with Crippen molar-refractivity contribution >= 4 is 12.4 Å². The summed E-state index contributed by atoms with van der Waals surface area (Å²) in [6.07, 6.45) is 2.20. The molecule has 0 amide bonds. The van der Waals surface area contributed by atoms with Gasteiger partial charge in [0.05, 0.1) is 16.8 Å². The molecule has 13 heavy (non-hydrogen) atoms. The van der Waals surface area contributed by atoms with E-state index in [1.165, 1.54) is 6.20 Å². The number of rotatable bonds is 1. The fraction of sp³-hybridized carbons (Fsp3) is 0.222. The lowest BCUT2D eigenvalue weighted by atomic mass is 10.1. The van der Waals surface area contributed by atoms with Crippen molar-refractivity contribution in [1.82, 2.24) is 4.98 Å². The summed E-state index contributed by atoms with van der Waals surface area (Å²) in [5.41, 5.74) is 1.68. The van der Waals surface area contributed by atoms with Crippen LogP contribution in [0.25, 0.3) is 0 Å². The molecule has 0 saturated heterocycles. The highest BCUT2D eigenvalue weighted by molar-refractivity contribution is 5.85. The van der Waals surface area contributed by atoms with E-state index in [1.807, 2.05) is 19.1 Å². The summed E-state index contributed by atoms with van der Waals surface area (Å²) in [7, 11) is 0. The molecule has 0 bridgehead atoms. The second-order valence-corrected chi connectivity index (χ2v) is 2.30. The van der Waals surface area contributed by atoms with E-state index in [-0.39, 0.29) is 12.4 Å². The Labute approximate surface area is 83.0 Å². The van der Waals surface area contributed by atoms with Crippen molar-refractivity contribution in [3.8, 4) is 12.1 Å². The minimum atomic E-state index is 0. The third-order valence-corrected chi connectivity index (χ3v) is 1.55. The van der Waals surface area contributed by atoms with E-state index < -0.39 is 0 Å². The zero-order valence-corrected chi connectivity index (χ0v) is 7.93. The first kappa shape index (κ1) is 11.4. The summed E-state index contributed by atoms with van der Waals surface area (Å²) in [6, 6.07) is 5.51. The van der Waals surface area contributed by atoms with Crippen molar-refractivity contribution in [2.45, 2.75) is 13.3 Å². The summed E-state index contributed by atoms with van der Waals surface area (Å²) >= 11 is 0. The van der Waals surface area contributed by atoms with E-state index in [1.54, 1.807) is 6.07 Å². The lowest BCUT2D eigenvalue weighted by Gasteiger charge is -1.97. The standard InChI is InChI=1S/C9H7N3.ClH/c1-2-9-8(5-11)3-7(4-10)6-12-9;/h3,6H,2H2,1H3;1H. The zero-order valence-electron chi connectivity index (χ0n) is 7.11. The van der Waals surface area contributed by atoms with Crippen LogP contribution in [0.15, 0.2) is 12.3 Å². The average Bonchev–Trinajstić information content (AvgIpc) is 2.16. The summed E-state index contributed by atoms with van der Waals surface area (Å²) in [4.78, 5) is 3.99. The first-order valence-corrected chi connectivity index (χ1v) is 3.61. The molecule has 66 valence electrons. The van der Waals surface area contributed by atoms with Crippen LogP contribution in [0.5, 0.6) is 0 Å². The fourth-order valence-electron chi connectivity index (χ4n) is 0.933. The third kappa shape index (κ3) is 2.43. The Morgan fingerprint density at radius 2 is 2.08 bits per heavy atom. The summed E-state index contributed by atoms with van der Waals surface area (Å²) in [6.45, 7) is 1.93. The van der Waals surface area contributed by atoms with Crippen LogP contribution in [-0.2, 0) is 6.42 Å². The molecule has 1 heterocycles. The molecular weight excluding hydrogens is 186 g/mol. The Bertz CT molecular complexity index is 373.